The van der Waals surface area contributed by atoms with Gasteiger partial charge in [-0.3, -0.25) is 10.1 Å². The molecule has 2 heterocycles. The molecule has 0 amide bonds. The zero-order chi connectivity index (χ0) is 15.5. The molecule has 10 heteroatoms. The predicted octanol–water partition coefficient (Wildman–Crippen LogP) is 0.943. The number of nitrogens with two attached hydrogens (primary N) is 1. The Labute approximate surface area is 125 Å². The van der Waals surface area contributed by atoms with Gasteiger partial charge in [-0.25, -0.2) is 15.0 Å². The van der Waals surface area contributed by atoms with Gasteiger partial charge in [0.25, 0.3) is 0 Å². The number of nitro groups is 1. The molecule has 2 aromatic rings. The van der Waals surface area contributed by atoms with Gasteiger partial charge in [-0.15, -0.1) is 0 Å². The van der Waals surface area contributed by atoms with Crippen LogP contribution in [0.25, 0.3) is 0 Å². The van der Waals surface area contributed by atoms with Crippen LogP contribution in [-0.4, -0.2) is 30.9 Å². The van der Waals surface area contributed by atoms with Gasteiger partial charge in [0.2, 0.25) is 11.8 Å². The number of anilines is 3. The predicted molar refractivity (Wildman–Crippen MR) is 79.1 cm³/mol. The van der Waals surface area contributed by atoms with Crippen LogP contribution in [0.2, 0.25) is 0 Å². The minimum absolute atomic E-state index is 0.139. The van der Waals surface area contributed by atoms with E-state index in [4.69, 9.17) is 5.73 Å². The van der Waals surface area contributed by atoms with Crippen LogP contribution < -0.4 is 16.4 Å². The third-order valence-corrected chi connectivity index (χ3v) is 3.14. The summed E-state index contributed by atoms with van der Waals surface area (Å²) >= 11 is 0. The van der Waals surface area contributed by atoms with Crippen LogP contribution in [0, 0.1) is 10.1 Å². The fourth-order valence-corrected chi connectivity index (χ4v) is 1.80. The van der Waals surface area contributed by atoms with E-state index in [0.29, 0.717) is 17.9 Å². The molecule has 22 heavy (non-hydrogen) atoms. The Balaban J connectivity index is 1.76. The summed E-state index contributed by atoms with van der Waals surface area (Å²) in [4.78, 5) is 26.4. The molecule has 0 atom stereocenters. The third-order valence-electron chi connectivity index (χ3n) is 3.14. The minimum atomic E-state index is -0.502. The van der Waals surface area contributed by atoms with E-state index in [0.717, 1.165) is 12.8 Å². The molecule has 3 rings (SSSR count). The number of nitrogens with zero attached hydrogens (tertiary/aromatic N) is 5. The molecule has 0 unspecified atom stereocenters. The molecule has 1 aliphatic rings. The van der Waals surface area contributed by atoms with Gasteiger partial charge in [-0.2, -0.15) is 4.98 Å². The Morgan fingerprint density at radius 3 is 2.86 bits per heavy atom. The van der Waals surface area contributed by atoms with Gasteiger partial charge < -0.3 is 16.4 Å². The number of rotatable bonds is 6. The third kappa shape index (κ3) is 3.16. The van der Waals surface area contributed by atoms with E-state index in [-0.39, 0.29) is 23.5 Å². The molecule has 10 nitrogen and oxygen atoms in total. The fourth-order valence-electron chi connectivity index (χ4n) is 1.80. The highest BCUT2D eigenvalue weighted by Crippen LogP contribution is 2.29. The summed E-state index contributed by atoms with van der Waals surface area (Å²) in [7, 11) is 0. The Hall–Kier alpha value is -3.04. The maximum Gasteiger partial charge on any atom is 0.329 e. The summed E-state index contributed by atoms with van der Waals surface area (Å²) in [6.45, 7) is 0.327. The first-order valence-corrected chi connectivity index (χ1v) is 6.69. The van der Waals surface area contributed by atoms with Gasteiger partial charge >= 0.3 is 5.69 Å². The Bertz CT molecular complexity index is 703. The molecular formula is C12H14N8O2. The van der Waals surface area contributed by atoms with Crippen molar-refractivity contribution in [1.82, 2.24) is 19.9 Å². The van der Waals surface area contributed by atoms with E-state index in [1.807, 2.05) is 0 Å². The van der Waals surface area contributed by atoms with Gasteiger partial charge in [0, 0.05) is 24.3 Å². The second-order valence-corrected chi connectivity index (χ2v) is 4.89. The highest BCUT2D eigenvalue weighted by atomic mass is 16.6. The van der Waals surface area contributed by atoms with Crippen LogP contribution in [0.1, 0.15) is 18.4 Å². The van der Waals surface area contributed by atoms with Crippen LogP contribution in [0.5, 0.6) is 0 Å². The molecule has 0 bridgehead atoms. The van der Waals surface area contributed by atoms with E-state index >= 15 is 0 Å². The van der Waals surface area contributed by atoms with Crippen LogP contribution >= 0.6 is 0 Å². The lowest BCUT2D eigenvalue weighted by Crippen LogP contribution is -2.11. The van der Waals surface area contributed by atoms with E-state index < -0.39 is 4.92 Å². The maximum atomic E-state index is 11.0. The molecule has 0 spiro atoms. The maximum absolute atomic E-state index is 11.0. The van der Waals surface area contributed by atoms with Crippen LogP contribution in [0.3, 0.4) is 0 Å². The molecule has 2 aromatic heterocycles. The SMILES string of the molecule is Nc1ncncc1CNc1ncc([N+](=O)[O-])c(NC2CC2)n1. The smallest absolute Gasteiger partial charge is 0.329 e. The minimum Gasteiger partial charge on any atom is -0.383 e. The van der Waals surface area contributed by atoms with Crippen molar-refractivity contribution in [3.63, 3.8) is 0 Å². The molecule has 1 aliphatic carbocycles. The normalized spacial score (nSPS) is 13.6. The van der Waals surface area contributed by atoms with Gasteiger partial charge in [-0.1, -0.05) is 0 Å². The van der Waals surface area contributed by atoms with Crippen molar-refractivity contribution in [2.24, 2.45) is 0 Å². The average molecular weight is 302 g/mol. The second-order valence-electron chi connectivity index (χ2n) is 4.89. The first-order valence-electron chi connectivity index (χ1n) is 6.69. The molecule has 114 valence electrons. The van der Waals surface area contributed by atoms with Gasteiger partial charge in [0.05, 0.1) is 4.92 Å². The standard InChI is InChI=1S/C12H14N8O2/c13-10-7(3-14-6-17-10)4-15-12-16-5-9(20(21)22)11(19-12)18-8-1-2-8/h3,5-6,8H,1-2,4H2,(H2,13,14,17)(H2,15,16,18,19). The van der Waals surface area contributed by atoms with Crippen molar-refractivity contribution >= 4 is 23.3 Å². The lowest BCUT2D eigenvalue weighted by atomic mass is 10.3. The molecule has 0 radical (unpaired) electrons. The van der Waals surface area contributed by atoms with Crippen LogP contribution in [-0.2, 0) is 6.54 Å². The molecule has 4 N–H and O–H groups in total. The van der Waals surface area contributed by atoms with Crippen molar-refractivity contribution in [3.05, 3.63) is 34.4 Å². The fraction of sp³-hybridized carbons (Fsp3) is 0.333. The monoisotopic (exact) mass is 302 g/mol. The number of hydrogen-bond donors (Lipinski definition) is 3. The van der Waals surface area contributed by atoms with Gasteiger partial charge in [0.1, 0.15) is 18.3 Å². The largest absolute Gasteiger partial charge is 0.383 e. The van der Waals surface area contributed by atoms with Crippen molar-refractivity contribution < 1.29 is 4.92 Å². The summed E-state index contributed by atoms with van der Waals surface area (Å²) in [5.74, 6) is 0.861. The van der Waals surface area contributed by atoms with Gasteiger partial charge in [-0.05, 0) is 12.8 Å². The molecule has 1 fully saturated rings. The molecule has 0 aliphatic heterocycles. The zero-order valence-electron chi connectivity index (χ0n) is 11.6. The second kappa shape index (κ2) is 5.76. The van der Waals surface area contributed by atoms with E-state index in [1.165, 1.54) is 12.5 Å². The van der Waals surface area contributed by atoms with Gasteiger partial charge in [0.15, 0.2) is 0 Å². The van der Waals surface area contributed by atoms with Crippen molar-refractivity contribution in [3.8, 4) is 0 Å². The zero-order valence-corrected chi connectivity index (χ0v) is 11.6. The van der Waals surface area contributed by atoms with Crippen LogP contribution in [0.15, 0.2) is 18.7 Å². The summed E-state index contributed by atoms with van der Waals surface area (Å²) in [6, 6.07) is 0.250. The molecule has 0 saturated heterocycles. The molecule has 1 saturated carbocycles. The van der Waals surface area contributed by atoms with Crippen molar-refractivity contribution in [1.29, 1.82) is 0 Å². The topological polar surface area (TPSA) is 145 Å². The Kier molecular flexibility index (Phi) is 3.64. The van der Waals surface area contributed by atoms with E-state index in [2.05, 4.69) is 30.6 Å². The Morgan fingerprint density at radius 2 is 2.18 bits per heavy atom. The first-order chi connectivity index (χ1) is 10.6. The van der Waals surface area contributed by atoms with Crippen molar-refractivity contribution in [2.75, 3.05) is 16.4 Å². The quantitative estimate of drug-likeness (QED) is 0.524. The highest BCUT2D eigenvalue weighted by molar-refractivity contribution is 5.58. The summed E-state index contributed by atoms with van der Waals surface area (Å²) in [5.41, 5.74) is 6.28. The number of aromatic nitrogens is 4. The summed E-state index contributed by atoms with van der Waals surface area (Å²) in [5, 5.41) is 17.0. The van der Waals surface area contributed by atoms with Crippen molar-refractivity contribution in [2.45, 2.75) is 25.4 Å². The van der Waals surface area contributed by atoms with Crippen LogP contribution in [0.4, 0.5) is 23.3 Å². The van der Waals surface area contributed by atoms with E-state index in [1.54, 1.807) is 6.20 Å². The number of nitrogens with one attached hydrogen (secondary N) is 2. The van der Waals surface area contributed by atoms with E-state index in [9.17, 15) is 10.1 Å². The summed E-state index contributed by atoms with van der Waals surface area (Å²) in [6.07, 6.45) is 6.11. The first kappa shape index (κ1) is 13.9. The summed E-state index contributed by atoms with van der Waals surface area (Å²) < 4.78 is 0. The Morgan fingerprint density at radius 1 is 1.36 bits per heavy atom. The lowest BCUT2D eigenvalue weighted by molar-refractivity contribution is -0.384. The average Bonchev–Trinajstić information content (AvgIpc) is 3.30. The number of nitrogen functional groups attached to an aromatic ring is 1. The lowest BCUT2D eigenvalue weighted by Gasteiger charge is -2.09. The molecular weight excluding hydrogens is 288 g/mol. The molecule has 0 aromatic carbocycles. The highest BCUT2D eigenvalue weighted by Gasteiger charge is 2.26. The number of hydrogen-bond acceptors (Lipinski definition) is 9.